The van der Waals surface area contributed by atoms with Crippen LogP contribution < -0.4 is 14.8 Å². The van der Waals surface area contributed by atoms with E-state index in [1.54, 1.807) is 7.11 Å². The number of allylic oxidation sites excluding steroid dienone is 1. The van der Waals surface area contributed by atoms with Crippen LogP contribution in [0.15, 0.2) is 61.2 Å². The minimum atomic E-state index is -0.111. The zero-order valence-corrected chi connectivity index (χ0v) is 21.0. The maximum absolute atomic E-state index is 11.2. The van der Waals surface area contributed by atoms with Crippen molar-refractivity contribution in [3.8, 4) is 11.5 Å². The van der Waals surface area contributed by atoms with Gasteiger partial charge in [-0.05, 0) is 68.5 Å². The monoisotopic (exact) mass is 475 g/mol. The van der Waals surface area contributed by atoms with Gasteiger partial charge in [-0.2, -0.15) is 0 Å². The van der Waals surface area contributed by atoms with Gasteiger partial charge in [0.05, 0.1) is 24.8 Å². The molecule has 0 atom stereocenters. The molecule has 1 amide bonds. The van der Waals surface area contributed by atoms with Crippen LogP contribution in [0, 0.1) is 0 Å². The molecule has 35 heavy (non-hydrogen) atoms. The van der Waals surface area contributed by atoms with Crippen LogP contribution in [0.1, 0.15) is 50.4 Å². The quantitative estimate of drug-likeness (QED) is 0.218. The number of hydrogen-bond acceptors (Lipinski definition) is 4. The number of aryl methyl sites for hydroxylation is 2. The van der Waals surface area contributed by atoms with Gasteiger partial charge in [-0.15, -0.1) is 0 Å². The maximum atomic E-state index is 11.2. The molecule has 0 aliphatic carbocycles. The number of para-hydroxylation sites is 2. The Bertz CT molecular complexity index is 1130. The zero-order valence-electron chi connectivity index (χ0n) is 21.0. The number of nitrogens with zero attached hydrogens (tertiary/aromatic N) is 2. The van der Waals surface area contributed by atoms with Gasteiger partial charge in [0, 0.05) is 19.5 Å². The van der Waals surface area contributed by atoms with E-state index >= 15 is 0 Å². The predicted octanol–water partition coefficient (Wildman–Crippen LogP) is 5.95. The largest absolute Gasteiger partial charge is 0.493 e. The molecule has 0 aliphatic heterocycles. The van der Waals surface area contributed by atoms with Crippen LogP contribution >= 0.6 is 0 Å². The molecule has 0 aliphatic rings. The van der Waals surface area contributed by atoms with Gasteiger partial charge in [0.2, 0.25) is 5.91 Å². The summed E-state index contributed by atoms with van der Waals surface area (Å²) < 4.78 is 13.9. The lowest BCUT2D eigenvalue weighted by atomic mass is 10.2. The van der Waals surface area contributed by atoms with E-state index in [2.05, 4.69) is 34.7 Å². The molecule has 2 aromatic carbocycles. The molecule has 0 fully saturated rings. The third-order valence-electron chi connectivity index (χ3n) is 5.88. The van der Waals surface area contributed by atoms with Gasteiger partial charge in [-0.1, -0.05) is 43.4 Å². The summed E-state index contributed by atoms with van der Waals surface area (Å²) in [4.78, 5) is 16.1. The summed E-state index contributed by atoms with van der Waals surface area (Å²) in [6.45, 7) is 7.70. The van der Waals surface area contributed by atoms with Crippen LogP contribution in [0.2, 0.25) is 0 Å². The summed E-state index contributed by atoms with van der Waals surface area (Å²) in [6, 6.07) is 14.3. The summed E-state index contributed by atoms with van der Waals surface area (Å²) in [6.07, 6.45) is 11.3. The first-order chi connectivity index (χ1) is 17.2. The van der Waals surface area contributed by atoms with Crippen LogP contribution in [0.4, 0.5) is 0 Å². The molecule has 0 spiro atoms. The molecule has 0 unspecified atom stereocenters. The number of rotatable bonds is 15. The molecule has 1 aromatic heterocycles. The molecule has 186 valence electrons. The summed E-state index contributed by atoms with van der Waals surface area (Å²) in [5.41, 5.74) is 3.32. The average molecular weight is 476 g/mol. The fraction of sp³-hybridized carbons (Fsp3) is 0.379. The summed E-state index contributed by atoms with van der Waals surface area (Å²) >= 11 is 0. The number of imidazole rings is 1. The molecular weight excluding hydrogens is 438 g/mol. The topological polar surface area (TPSA) is 65.4 Å². The highest BCUT2D eigenvalue weighted by molar-refractivity contribution is 5.86. The molecule has 3 aromatic rings. The first kappa shape index (κ1) is 26.1. The lowest BCUT2D eigenvalue weighted by Gasteiger charge is -2.12. The van der Waals surface area contributed by atoms with Crippen molar-refractivity contribution in [3.05, 3.63) is 72.6 Å². The van der Waals surface area contributed by atoms with Crippen LogP contribution in [-0.4, -0.2) is 35.7 Å². The highest BCUT2D eigenvalue weighted by atomic mass is 16.5. The number of ether oxygens (including phenoxy) is 2. The van der Waals surface area contributed by atoms with Gasteiger partial charge in [-0.3, -0.25) is 4.79 Å². The fourth-order valence-corrected chi connectivity index (χ4v) is 4.09. The van der Waals surface area contributed by atoms with E-state index in [-0.39, 0.29) is 5.91 Å². The predicted molar refractivity (Wildman–Crippen MR) is 143 cm³/mol. The SMILES string of the molecule is C=CC(=O)NCCCCCc1nc2ccccc2n1CCCCOc1ccc(/C=C/C)cc1OC. The number of nitrogens with one attached hydrogen (secondary N) is 1. The second kappa shape index (κ2) is 14.0. The second-order valence-corrected chi connectivity index (χ2v) is 8.44. The Labute approximate surface area is 208 Å². The van der Waals surface area contributed by atoms with Gasteiger partial charge < -0.3 is 19.4 Å². The third kappa shape index (κ3) is 7.74. The van der Waals surface area contributed by atoms with Crippen LogP contribution in [0.5, 0.6) is 11.5 Å². The standard InChI is InChI=1S/C29H37N3O3/c1-4-13-23-17-18-26(27(22-23)34-3)35-21-12-11-20-32-25-15-9-8-14-24(25)31-28(32)16-7-6-10-19-30-29(33)5-2/h4-5,8-9,13-15,17-18,22H,2,6-7,10-12,16,19-21H2,1,3H3,(H,30,33)/b13-4+. The Morgan fingerprint density at radius 3 is 2.74 bits per heavy atom. The van der Waals surface area contributed by atoms with Crippen LogP contribution in [-0.2, 0) is 17.8 Å². The zero-order chi connectivity index (χ0) is 24.9. The van der Waals surface area contributed by atoms with E-state index in [1.165, 1.54) is 11.6 Å². The summed E-state index contributed by atoms with van der Waals surface area (Å²) in [5.74, 6) is 2.55. The van der Waals surface area contributed by atoms with Gasteiger partial charge in [0.15, 0.2) is 11.5 Å². The lowest BCUT2D eigenvalue weighted by Crippen LogP contribution is -2.21. The highest BCUT2D eigenvalue weighted by Gasteiger charge is 2.10. The minimum Gasteiger partial charge on any atom is -0.493 e. The summed E-state index contributed by atoms with van der Waals surface area (Å²) in [5, 5.41) is 2.83. The Hall–Kier alpha value is -3.54. The number of aromatic nitrogens is 2. The maximum Gasteiger partial charge on any atom is 0.243 e. The molecule has 0 bridgehead atoms. The number of methoxy groups -OCH3 is 1. The van der Waals surface area contributed by atoms with Crippen LogP contribution in [0.25, 0.3) is 17.1 Å². The van der Waals surface area contributed by atoms with Crippen LogP contribution in [0.3, 0.4) is 0 Å². The van der Waals surface area contributed by atoms with Gasteiger partial charge in [0.1, 0.15) is 5.82 Å². The molecule has 0 saturated heterocycles. The number of fused-ring (bicyclic) bond motifs is 1. The molecule has 3 rings (SSSR count). The van der Waals surface area contributed by atoms with Crippen molar-refractivity contribution in [2.24, 2.45) is 0 Å². The highest BCUT2D eigenvalue weighted by Crippen LogP contribution is 2.29. The fourth-order valence-electron chi connectivity index (χ4n) is 4.09. The van der Waals surface area contributed by atoms with E-state index < -0.39 is 0 Å². The first-order valence-electron chi connectivity index (χ1n) is 12.4. The number of hydrogen-bond donors (Lipinski definition) is 1. The Morgan fingerprint density at radius 2 is 1.94 bits per heavy atom. The number of carbonyl (C=O) groups excluding carboxylic acids is 1. The van der Waals surface area contributed by atoms with E-state index in [9.17, 15) is 4.79 Å². The van der Waals surface area contributed by atoms with E-state index in [0.717, 1.165) is 73.5 Å². The first-order valence-corrected chi connectivity index (χ1v) is 12.4. The van der Waals surface area contributed by atoms with E-state index in [4.69, 9.17) is 14.5 Å². The second-order valence-electron chi connectivity index (χ2n) is 8.44. The van der Waals surface area contributed by atoms with Crippen molar-refractivity contribution in [3.63, 3.8) is 0 Å². The van der Waals surface area contributed by atoms with E-state index in [1.807, 2.05) is 43.3 Å². The van der Waals surface area contributed by atoms with Gasteiger partial charge in [-0.25, -0.2) is 4.98 Å². The number of carbonyl (C=O) groups is 1. The number of unbranched alkanes of at least 4 members (excludes halogenated alkanes) is 3. The van der Waals surface area contributed by atoms with Crippen molar-refractivity contribution >= 4 is 23.0 Å². The molecule has 1 N–H and O–H groups in total. The summed E-state index contributed by atoms with van der Waals surface area (Å²) in [7, 11) is 1.67. The van der Waals surface area contributed by atoms with Crippen molar-refractivity contribution in [1.82, 2.24) is 14.9 Å². The van der Waals surface area contributed by atoms with Crippen molar-refractivity contribution in [2.45, 2.75) is 52.0 Å². The average Bonchev–Trinajstić information content (AvgIpc) is 3.23. The molecule has 6 heteroatoms. The molecule has 0 radical (unpaired) electrons. The smallest absolute Gasteiger partial charge is 0.243 e. The number of amides is 1. The normalized spacial score (nSPS) is 11.1. The molecule has 0 saturated carbocycles. The Morgan fingerprint density at radius 1 is 1.09 bits per heavy atom. The molecular formula is C29H37N3O3. The molecule has 1 heterocycles. The lowest BCUT2D eigenvalue weighted by molar-refractivity contribution is -0.116. The Balaban J connectivity index is 1.50. The van der Waals surface area contributed by atoms with Gasteiger partial charge in [0.25, 0.3) is 0 Å². The third-order valence-corrected chi connectivity index (χ3v) is 5.88. The minimum absolute atomic E-state index is 0.111. The van der Waals surface area contributed by atoms with Crippen molar-refractivity contribution in [1.29, 1.82) is 0 Å². The number of benzene rings is 2. The van der Waals surface area contributed by atoms with Crippen molar-refractivity contribution in [2.75, 3.05) is 20.3 Å². The van der Waals surface area contributed by atoms with Gasteiger partial charge >= 0.3 is 0 Å². The van der Waals surface area contributed by atoms with Crippen molar-refractivity contribution < 1.29 is 14.3 Å². The molecule has 6 nitrogen and oxygen atoms in total. The van der Waals surface area contributed by atoms with E-state index in [0.29, 0.717) is 13.2 Å². The Kier molecular flexibility index (Phi) is 10.4.